The van der Waals surface area contributed by atoms with E-state index >= 15 is 0 Å². The van der Waals surface area contributed by atoms with Gasteiger partial charge in [-0.3, -0.25) is 4.79 Å². The molecule has 0 aromatic carbocycles. The van der Waals surface area contributed by atoms with Gasteiger partial charge in [0.1, 0.15) is 0 Å². The second kappa shape index (κ2) is 4.99. The average molecular weight is 261 g/mol. The van der Waals surface area contributed by atoms with Crippen LogP contribution in [0.4, 0.5) is 5.82 Å². The fraction of sp³-hybridized carbons (Fsp3) is 0.733. The third-order valence-electron chi connectivity index (χ3n) is 4.84. The molecular formula is C15H23N3O. The van der Waals surface area contributed by atoms with Crippen molar-refractivity contribution in [3.63, 3.8) is 0 Å². The summed E-state index contributed by atoms with van der Waals surface area (Å²) in [5.41, 5.74) is 0.000608. The van der Waals surface area contributed by atoms with E-state index in [0.717, 1.165) is 24.3 Å². The number of hydrogen-bond donors (Lipinski definition) is 1. The molecule has 1 heterocycles. The van der Waals surface area contributed by atoms with Gasteiger partial charge in [-0.1, -0.05) is 6.42 Å². The van der Waals surface area contributed by atoms with Crippen LogP contribution in [0.1, 0.15) is 45.6 Å². The first-order valence-electron chi connectivity index (χ1n) is 7.46. The van der Waals surface area contributed by atoms with Gasteiger partial charge in [-0.05, 0) is 50.9 Å². The van der Waals surface area contributed by atoms with Gasteiger partial charge in [-0.15, -0.1) is 0 Å². The molecule has 1 aromatic rings. The zero-order chi connectivity index (χ0) is 13.4. The summed E-state index contributed by atoms with van der Waals surface area (Å²) in [6, 6.07) is 0.179. The minimum atomic E-state index is 0.000608. The minimum absolute atomic E-state index is 0.000608. The smallest absolute Gasteiger partial charge is 0.293 e. The van der Waals surface area contributed by atoms with Crippen LogP contribution in [0.3, 0.4) is 0 Å². The van der Waals surface area contributed by atoms with Crippen molar-refractivity contribution < 1.29 is 0 Å². The summed E-state index contributed by atoms with van der Waals surface area (Å²) in [5, 5.41) is 3.29. The van der Waals surface area contributed by atoms with Crippen LogP contribution in [0.25, 0.3) is 0 Å². The summed E-state index contributed by atoms with van der Waals surface area (Å²) in [5.74, 6) is 3.09. The molecule has 0 aliphatic heterocycles. The van der Waals surface area contributed by atoms with Gasteiger partial charge >= 0.3 is 0 Å². The summed E-state index contributed by atoms with van der Waals surface area (Å²) in [6.45, 7) is 4.94. The second-order valence-electron chi connectivity index (χ2n) is 6.40. The van der Waals surface area contributed by atoms with E-state index in [-0.39, 0.29) is 11.6 Å². The number of nitrogens with one attached hydrogen (secondary N) is 1. The molecule has 2 fully saturated rings. The zero-order valence-corrected chi connectivity index (χ0v) is 11.8. The lowest BCUT2D eigenvalue weighted by molar-refractivity contribution is 0.348. The Morgan fingerprint density at radius 3 is 2.89 bits per heavy atom. The highest BCUT2D eigenvalue weighted by Gasteiger charge is 2.39. The molecule has 4 nitrogen and oxygen atoms in total. The standard InChI is InChI=1S/C15H23N3O/c1-10(2)18-6-5-16-14(15(18)19)17-9-13-8-11-3-4-12(13)7-11/h5-6,10-13H,3-4,7-9H2,1-2H3,(H,16,17). The fourth-order valence-electron chi connectivity index (χ4n) is 3.81. The SMILES string of the molecule is CC(C)n1ccnc(NCC2CC3CCC2C3)c1=O. The summed E-state index contributed by atoms with van der Waals surface area (Å²) >= 11 is 0. The van der Waals surface area contributed by atoms with Gasteiger partial charge in [0.25, 0.3) is 5.56 Å². The van der Waals surface area contributed by atoms with Crippen LogP contribution >= 0.6 is 0 Å². The highest BCUT2D eigenvalue weighted by molar-refractivity contribution is 5.31. The van der Waals surface area contributed by atoms with Crippen LogP contribution in [-0.4, -0.2) is 16.1 Å². The molecule has 3 rings (SSSR count). The predicted octanol–water partition coefficient (Wildman–Crippen LogP) is 2.67. The Hall–Kier alpha value is -1.32. The monoisotopic (exact) mass is 261 g/mol. The Balaban J connectivity index is 1.67. The van der Waals surface area contributed by atoms with Crippen LogP contribution in [0.2, 0.25) is 0 Å². The molecule has 2 aliphatic carbocycles. The molecule has 19 heavy (non-hydrogen) atoms. The Labute approximate surface area is 114 Å². The van der Waals surface area contributed by atoms with Crippen molar-refractivity contribution in [3.05, 3.63) is 22.7 Å². The molecule has 3 unspecified atom stereocenters. The first-order valence-corrected chi connectivity index (χ1v) is 7.46. The van der Waals surface area contributed by atoms with Crippen LogP contribution < -0.4 is 10.9 Å². The highest BCUT2D eigenvalue weighted by Crippen LogP contribution is 2.48. The van der Waals surface area contributed by atoms with E-state index in [0.29, 0.717) is 5.82 Å². The van der Waals surface area contributed by atoms with E-state index in [1.54, 1.807) is 17.0 Å². The predicted molar refractivity (Wildman–Crippen MR) is 76.3 cm³/mol. The van der Waals surface area contributed by atoms with Crippen molar-refractivity contribution in [3.8, 4) is 0 Å². The molecule has 104 valence electrons. The summed E-state index contributed by atoms with van der Waals surface area (Å²) in [6.07, 6.45) is 9.02. The van der Waals surface area contributed by atoms with E-state index in [1.807, 2.05) is 13.8 Å². The molecule has 2 aliphatic rings. The maximum absolute atomic E-state index is 12.2. The van der Waals surface area contributed by atoms with E-state index in [9.17, 15) is 4.79 Å². The molecule has 0 spiro atoms. The minimum Gasteiger partial charge on any atom is -0.365 e. The topological polar surface area (TPSA) is 46.9 Å². The van der Waals surface area contributed by atoms with Gasteiger partial charge in [0.05, 0.1) is 0 Å². The number of nitrogens with zero attached hydrogens (tertiary/aromatic N) is 2. The van der Waals surface area contributed by atoms with E-state index < -0.39 is 0 Å². The van der Waals surface area contributed by atoms with Gasteiger partial charge < -0.3 is 9.88 Å². The number of aromatic nitrogens is 2. The third-order valence-corrected chi connectivity index (χ3v) is 4.84. The second-order valence-corrected chi connectivity index (χ2v) is 6.40. The molecule has 3 atom stereocenters. The summed E-state index contributed by atoms with van der Waals surface area (Å²) < 4.78 is 1.73. The van der Waals surface area contributed by atoms with Crippen LogP contribution in [0, 0.1) is 17.8 Å². The number of hydrogen-bond acceptors (Lipinski definition) is 3. The van der Waals surface area contributed by atoms with Crippen molar-refractivity contribution in [1.82, 2.24) is 9.55 Å². The Bertz CT molecular complexity index is 508. The Morgan fingerprint density at radius 2 is 2.26 bits per heavy atom. The molecule has 0 radical (unpaired) electrons. The maximum atomic E-state index is 12.2. The van der Waals surface area contributed by atoms with Crippen LogP contribution in [0.15, 0.2) is 17.2 Å². The quantitative estimate of drug-likeness (QED) is 0.906. The number of fused-ring (bicyclic) bond motifs is 2. The van der Waals surface area contributed by atoms with Crippen LogP contribution in [0.5, 0.6) is 0 Å². The normalized spacial score (nSPS) is 29.1. The molecule has 2 bridgehead atoms. The highest BCUT2D eigenvalue weighted by atomic mass is 16.1. The third kappa shape index (κ3) is 2.40. The summed E-state index contributed by atoms with van der Waals surface area (Å²) in [4.78, 5) is 16.4. The van der Waals surface area contributed by atoms with Gasteiger partial charge in [0.15, 0.2) is 5.82 Å². The Kier molecular flexibility index (Phi) is 3.33. The fourth-order valence-corrected chi connectivity index (χ4v) is 3.81. The molecule has 4 heteroatoms. The molecule has 1 N–H and O–H groups in total. The van der Waals surface area contributed by atoms with Gasteiger partial charge in [-0.25, -0.2) is 4.98 Å². The van der Waals surface area contributed by atoms with E-state index in [2.05, 4.69) is 10.3 Å². The Morgan fingerprint density at radius 1 is 1.42 bits per heavy atom. The lowest BCUT2D eigenvalue weighted by Crippen LogP contribution is -2.28. The first kappa shape index (κ1) is 12.7. The van der Waals surface area contributed by atoms with Gasteiger partial charge in [-0.2, -0.15) is 0 Å². The van der Waals surface area contributed by atoms with Crippen LogP contribution in [-0.2, 0) is 0 Å². The van der Waals surface area contributed by atoms with Crippen molar-refractivity contribution in [2.75, 3.05) is 11.9 Å². The largest absolute Gasteiger partial charge is 0.365 e. The first-order chi connectivity index (χ1) is 9.15. The number of anilines is 1. The maximum Gasteiger partial charge on any atom is 0.293 e. The molecular weight excluding hydrogens is 238 g/mol. The molecule has 0 amide bonds. The van der Waals surface area contributed by atoms with Gasteiger partial charge in [0.2, 0.25) is 0 Å². The van der Waals surface area contributed by atoms with Crippen molar-refractivity contribution in [2.45, 2.75) is 45.6 Å². The lowest BCUT2D eigenvalue weighted by atomic mass is 9.89. The number of rotatable bonds is 4. The summed E-state index contributed by atoms with van der Waals surface area (Å²) in [7, 11) is 0. The van der Waals surface area contributed by atoms with E-state index in [1.165, 1.54) is 25.7 Å². The molecule has 1 aromatic heterocycles. The van der Waals surface area contributed by atoms with E-state index in [4.69, 9.17) is 0 Å². The molecule has 2 saturated carbocycles. The van der Waals surface area contributed by atoms with Crippen molar-refractivity contribution in [2.24, 2.45) is 17.8 Å². The molecule has 0 saturated heterocycles. The van der Waals surface area contributed by atoms with Gasteiger partial charge in [0, 0.05) is 25.0 Å². The van der Waals surface area contributed by atoms with Crippen molar-refractivity contribution in [1.29, 1.82) is 0 Å². The average Bonchev–Trinajstić information content (AvgIpc) is 2.99. The lowest BCUT2D eigenvalue weighted by Gasteiger charge is -2.22. The van der Waals surface area contributed by atoms with Crippen molar-refractivity contribution >= 4 is 5.82 Å². The zero-order valence-electron chi connectivity index (χ0n) is 11.8.